The van der Waals surface area contributed by atoms with Crippen LogP contribution >= 0.6 is 0 Å². The van der Waals surface area contributed by atoms with Gasteiger partial charge >= 0.3 is 0 Å². The molecule has 266 valence electrons. The first-order valence-corrected chi connectivity index (χ1v) is 19.3. The second-order valence-corrected chi connectivity index (χ2v) is 14.7. The molecule has 0 fully saturated rings. The van der Waals surface area contributed by atoms with E-state index >= 15 is 0 Å². The molecule has 0 saturated heterocycles. The van der Waals surface area contributed by atoms with E-state index < -0.39 is 0 Å². The van der Waals surface area contributed by atoms with E-state index in [-0.39, 0.29) is 0 Å². The van der Waals surface area contributed by atoms with Gasteiger partial charge in [-0.05, 0) is 103 Å². The molecule has 0 radical (unpaired) electrons. The molecule has 2 heterocycles. The number of furan rings is 1. The lowest BCUT2D eigenvalue weighted by Crippen LogP contribution is -2.09. The minimum atomic E-state index is 0.578. The number of oxazole rings is 1. The first-order valence-electron chi connectivity index (χ1n) is 19.3. The van der Waals surface area contributed by atoms with Crippen LogP contribution in [0.5, 0.6) is 0 Å². The van der Waals surface area contributed by atoms with E-state index in [2.05, 4.69) is 169 Å². The van der Waals surface area contributed by atoms with Crippen molar-refractivity contribution in [1.82, 2.24) is 4.98 Å². The lowest BCUT2D eigenvalue weighted by molar-refractivity contribution is 0.623. The second kappa shape index (κ2) is 12.4. The summed E-state index contributed by atoms with van der Waals surface area (Å²) in [4.78, 5) is 7.30. The molecular weight excluding hydrogens is 697 g/mol. The molecule has 0 unspecified atom stereocenters. The smallest absolute Gasteiger partial charge is 0.228 e. The molecule has 12 aromatic rings. The van der Waals surface area contributed by atoms with Crippen LogP contribution in [0.2, 0.25) is 0 Å². The van der Waals surface area contributed by atoms with Gasteiger partial charge in [0, 0.05) is 44.9 Å². The molecule has 0 N–H and O–H groups in total. The molecule has 4 nitrogen and oxygen atoms in total. The maximum absolute atomic E-state index is 6.68. The summed E-state index contributed by atoms with van der Waals surface area (Å²) in [6, 6.07) is 68.7. The lowest BCUT2D eigenvalue weighted by atomic mass is 9.94. The number of benzene rings is 10. The Morgan fingerprint density at radius 2 is 0.965 bits per heavy atom. The molecule has 0 atom stereocenters. The first kappa shape index (κ1) is 31.6. The van der Waals surface area contributed by atoms with Crippen LogP contribution in [0.25, 0.3) is 98.7 Å². The average molecular weight is 729 g/mol. The lowest BCUT2D eigenvalue weighted by Gasteiger charge is -2.26. The molecule has 2 aromatic heterocycles. The van der Waals surface area contributed by atoms with E-state index in [1.807, 2.05) is 30.3 Å². The Labute approximate surface area is 327 Å². The predicted octanol–water partition coefficient (Wildman–Crippen LogP) is 15.1. The fraction of sp³-hybridized carbons (Fsp3) is 0. The molecule has 0 bridgehead atoms. The quantitative estimate of drug-likeness (QED) is 0.166. The van der Waals surface area contributed by atoms with Crippen LogP contribution in [0.15, 0.2) is 203 Å². The van der Waals surface area contributed by atoms with Crippen molar-refractivity contribution in [2.75, 3.05) is 4.90 Å². The highest BCUT2D eigenvalue weighted by Gasteiger charge is 2.21. The van der Waals surface area contributed by atoms with Crippen LogP contribution < -0.4 is 4.90 Å². The Kier molecular flexibility index (Phi) is 6.89. The van der Waals surface area contributed by atoms with Gasteiger partial charge in [-0.15, -0.1) is 0 Å². The number of nitrogens with zero attached hydrogens (tertiary/aromatic N) is 2. The zero-order valence-electron chi connectivity index (χ0n) is 30.7. The zero-order chi connectivity index (χ0) is 37.5. The van der Waals surface area contributed by atoms with Crippen LogP contribution in [-0.4, -0.2) is 4.98 Å². The van der Waals surface area contributed by atoms with Crippen molar-refractivity contribution in [3.05, 3.63) is 194 Å². The minimum absolute atomic E-state index is 0.578. The summed E-state index contributed by atoms with van der Waals surface area (Å²) in [5, 5.41) is 11.6. The molecule has 0 amide bonds. The summed E-state index contributed by atoms with van der Waals surface area (Å²) in [7, 11) is 0. The van der Waals surface area contributed by atoms with Gasteiger partial charge in [-0.25, -0.2) is 4.98 Å². The molecule has 10 aromatic carbocycles. The van der Waals surface area contributed by atoms with Gasteiger partial charge in [0.15, 0.2) is 5.58 Å². The van der Waals surface area contributed by atoms with Gasteiger partial charge in [0.1, 0.15) is 16.7 Å². The van der Waals surface area contributed by atoms with Gasteiger partial charge in [-0.2, -0.15) is 0 Å². The van der Waals surface area contributed by atoms with Crippen LogP contribution in [0.4, 0.5) is 17.1 Å². The van der Waals surface area contributed by atoms with Crippen LogP contribution in [0, 0.1) is 0 Å². The van der Waals surface area contributed by atoms with E-state index in [1.54, 1.807) is 0 Å². The average Bonchev–Trinajstić information content (AvgIpc) is 3.89. The van der Waals surface area contributed by atoms with Crippen molar-refractivity contribution in [3.63, 3.8) is 0 Å². The van der Waals surface area contributed by atoms with Gasteiger partial charge < -0.3 is 13.7 Å². The van der Waals surface area contributed by atoms with Crippen molar-refractivity contribution in [1.29, 1.82) is 0 Å². The maximum Gasteiger partial charge on any atom is 0.228 e. The van der Waals surface area contributed by atoms with Crippen molar-refractivity contribution < 1.29 is 8.83 Å². The van der Waals surface area contributed by atoms with E-state index in [9.17, 15) is 0 Å². The summed E-state index contributed by atoms with van der Waals surface area (Å²) in [6.45, 7) is 0. The van der Waals surface area contributed by atoms with Crippen molar-refractivity contribution >= 4 is 93.2 Å². The normalized spacial score (nSPS) is 11.9. The summed E-state index contributed by atoms with van der Waals surface area (Å²) < 4.78 is 13.2. The maximum atomic E-state index is 6.68. The van der Waals surface area contributed by atoms with E-state index in [1.165, 1.54) is 43.4 Å². The highest BCUT2D eigenvalue weighted by Crippen LogP contribution is 2.44. The second-order valence-electron chi connectivity index (χ2n) is 14.7. The third-order valence-corrected chi connectivity index (χ3v) is 11.5. The highest BCUT2D eigenvalue weighted by atomic mass is 16.3. The first-order chi connectivity index (χ1) is 28.2. The summed E-state index contributed by atoms with van der Waals surface area (Å²) in [6.07, 6.45) is 0. The Bertz CT molecular complexity index is 3490. The van der Waals surface area contributed by atoms with Gasteiger partial charge in [0.2, 0.25) is 5.89 Å². The molecule has 12 rings (SSSR count). The molecule has 0 spiro atoms. The highest BCUT2D eigenvalue weighted by molar-refractivity contribution is 6.26. The Morgan fingerprint density at radius 1 is 0.368 bits per heavy atom. The third kappa shape index (κ3) is 4.98. The van der Waals surface area contributed by atoms with Crippen LogP contribution in [0.3, 0.4) is 0 Å². The van der Waals surface area contributed by atoms with E-state index in [0.717, 1.165) is 66.4 Å². The van der Waals surface area contributed by atoms with Crippen molar-refractivity contribution in [2.24, 2.45) is 0 Å². The standard InChI is InChI=1S/C53H32N2O2/c1-2-11-33(12-3-1)34-21-24-36(25-22-34)55(37-26-28-44-42-17-7-6-15-40(42)41-16-8-9-18-43(41)47(44)31-37)38-27-29-45-50(32-38)56-49-20-10-19-46(51(45)49)53-54-48-30-23-35-13-4-5-14-39(35)52(48)57-53/h1-32H. The van der Waals surface area contributed by atoms with Crippen LogP contribution in [-0.2, 0) is 0 Å². The zero-order valence-corrected chi connectivity index (χ0v) is 30.7. The molecule has 0 aliphatic heterocycles. The topological polar surface area (TPSA) is 42.4 Å². The van der Waals surface area contributed by atoms with Crippen molar-refractivity contribution in [3.8, 4) is 22.6 Å². The largest absolute Gasteiger partial charge is 0.456 e. The number of hydrogen-bond donors (Lipinski definition) is 0. The Balaban J connectivity index is 1.05. The van der Waals surface area contributed by atoms with Gasteiger partial charge in [0.25, 0.3) is 0 Å². The summed E-state index contributed by atoms with van der Waals surface area (Å²) >= 11 is 0. The molecule has 57 heavy (non-hydrogen) atoms. The Hall–Kier alpha value is -7.69. The van der Waals surface area contributed by atoms with Crippen LogP contribution in [0.1, 0.15) is 0 Å². The number of rotatable bonds is 5. The minimum Gasteiger partial charge on any atom is -0.456 e. The molecule has 0 aliphatic carbocycles. The van der Waals surface area contributed by atoms with E-state index in [0.29, 0.717) is 5.89 Å². The third-order valence-electron chi connectivity index (χ3n) is 11.5. The monoisotopic (exact) mass is 728 g/mol. The van der Waals surface area contributed by atoms with Gasteiger partial charge in [0.05, 0.1) is 0 Å². The summed E-state index contributed by atoms with van der Waals surface area (Å²) in [5.74, 6) is 0.578. The fourth-order valence-corrected chi connectivity index (χ4v) is 8.82. The number of hydrogen-bond acceptors (Lipinski definition) is 4. The molecular formula is C53H32N2O2. The van der Waals surface area contributed by atoms with Gasteiger partial charge in [-0.3, -0.25) is 0 Å². The predicted molar refractivity (Wildman–Crippen MR) is 237 cm³/mol. The summed E-state index contributed by atoms with van der Waals surface area (Å²) in [5.41, 5.74) is 9.57. The number of aromatic nitrogens is 1. The molecule has 0 aliphatic rings. The Morgan fingerprint density at radius 3 is 1.72 bits per heavy atom. The SMILES string of the molecule is c1ccc(-c2ccc(N(c3ccc4c(c3)oc3cccc(-c5nc6ccc7ccccc7c6o5)c34)c3ccc4c5ccccc5c5ccccc5c4c3)cc2)cc1. The molecule has 0 saturated carbocycles. The van der Waals surface area contributed by atoms with Crippen molar-refractivity contribution in [2.45, 2.75) is 0 Å². The number of fused-ring (bicyclic) bond motifs is 12. The van der Waals surface area contributed by atoms with Gasteiger partial charge in [-0.1, -0.05) is 133 Å². The fourth-order valence-electron chi connectivity index (χ4n) is 8.82. The number of anilines is 3. The van der Waals surface area contributed by atoms with E-state index in [4.69, 9.17) is 13.8 Å². The molecule has 4 heteroatoms.